The highest BCUT2D eigenvalue weighted by molar-refractivity contribution is 5.87. The van der Waals surface area contributed by atoms with Gasteiger partial charge in [-0.1, -0.05) is 36.4 Å². The van der Waals surface area contributed by atoms with E-state index in [1.54, 1.807) is 6.92 Å². The van der Waals surface area contributed by atoms with E-state index in [1.165, 1.54) is 14.0 Å². The number of likely N-dealkylation sites (N-methyl/N-ethyl adjacent to an activating group) is 1. The Balaban J connectivity index is 1.26. The third-order valence-electron chi connectivity index (χ3n) is 11.1. The number of nitrogens with zero attached hydrogens (tertiary/aromatic N) is 2. The zero-order valence-corrected chi connectivity index (χ0v) is 30.3. The highest BCUT2D eigenvalue weighted by Gasteiger charge is 2.56. The maximum atomic E-state index is 13.6. The Morgan fingerprint density at radius 2 is 1.77 bits per heavy atom. The molecule has 1 saturated heterocycles. The molecule has 6 atom stereocenters. The zero-order valence-electron chi connectivity index (χ0n) is 30.3. The van der Waals surface area contributed by atoms with Gasteiger partial charge >= 0.3 is 5.97 Å². The number of phenols is 1. The third kappa shape index (κ3) is 6.00. The second-order valence-electron chi connectivity index (χ2n) is 14.2. The van der Waals surface area contributed by atoms with E-state index in [0.717, 1.165) is 16.7 Å². The molecule has 0 saturated carbocycles. The van der Waals surface area contributed by atoms with Crippen LogP contribution in [0.1, 0.15) is 71.3 Å². The first-order valence-electron chi connectivity index (χ1n) is 17.7. The van der Waals surface area contributed by atoms with Crippen molar-refractivity contribution in [2.45, 2.75) is 89.8 Å². The van der Waals surface area contributed by atoms with Crippen LogP contribution in [0.4, 0.5) is 0 Å². The minimum Gasteiger partial charge on any atom is -0.504 e. The topological polar surface area (TPSA) is 159 Å². The van der Waals surface area contributed by atoms with E-state index < -0.39 is 42.3 Å². The van der Waals surface area contributed by atoms with Crippen LogP contribution in [0.15, 0.2) is 36.4 Å². The SMILES string of the molecule is COc1c(C)cc2c(c1O)C1C3Cc4c(OC(C)=O)c(C)c5c(c4[C@H](CNC(=O)[C@H](C)NC(=O)CCc4ccccc4)N3[C@@H](O)[C@H](C2)N1C)OCO5. The molecule has 0 radical (unpaired) electrons. The maximum Gasteiger partial charge on any atom is 0.308 e. The first-order chi connectivity index (χ1) is 24.9. The summed E-state index contributed by atoms with van der Waals surface area (Å²) in [6.45, 7) is 6.65. The number of aromatic hydroxyl groups is 1. The number of aliphatic hydroxyl groups excluding tert-OH is 1. The van der Waals surface area contributed by atoms with Crippen LogP contribution in [0.2, 0.25) is 0 Å². The summed E-state index contributed by atoms with van der Waals surface area (Å²) in [5, 5.41) is 29.8. The molecule has 52 heavy (non-hydrogen) atoms. The quantitative estimate of drug-likeness (QED) is 0.191. The number of piperazine rings is 1. The van der Waals surface area contributed by atoms with E-state index in [-0.39, 0.29) is 37.5 Å². The molecule has 2 bridgehead atoms. The van der Waals surface area contributed by atoms with Crippen molar-refractivity contribution in [3.63, 3.8) is 0 Å². The molecular weight excluding hydrogens is 668 g/mol. The summed E-state index contributed by atoms with van der Waals surface area (Å²) in [5.41, 5.74) is 5.43. The summed E-state index contributed by atoms with van der Waals surface area (Å²) in [7, 11) is 3.47. The number of carbonyl (C=O) groups is 3. The Hall–Kier alpha value is -4.85. The Kier molecular flexibility index (Phi) is 9.53. The Bertz CT molecular complexity index is 1920. The van der Waals surface area contributed by atoms with Gasteiger partial charge in [0.2, 0.25) is 18.6 Å². The third-order valence-corrected chi connectivity index (χ3v) is 11.1. The van der Waals surface area contributed by atoms with E-state index in [2.05, 4.69) is 15.5 Å². The highest BCUT2D eigenvalue weighted by Crippen LogP contribution is 2.58. The number of fused-ring (bicyclic) bond motifs is 9. The average Bonchev–Trinajstić information content (AvgIpc) is 3.61. The predicted octanol–water partition coefficient (Wildman–Crippen LogP) is 3.12. The molecule has 3 aromatic carbocycles. The van der Waals surface area contributed by atoms with E-state index in [4.69, 9.17) is 18.9 Å². The molecule has 7 rings (SSSR count). The van der Waals surface area contributed by atoms with Crippen LogP contribution in [0.5, 0.6) is 28.7 Å². The number of hydrogen-bond donors (Lipinski definition) is 4. The molecular formula is C39H46N4O9. The molecule has 13 nitrogen and oxygen atoms in total. The lowest BCUT2D eigenvalue weighted by molar-refractivity contribution is -0.172. The van der Waals surface area contributed by atoms with Crippen molar-refractivity contribution in [2.75, 3.05) is 27.5 Å². The number of phenolic OH excluding ortho intramolecular Hbond substituents is 1. The fourth-order valence-corrected chi connectivity index (χ4v) is 8.75. The van der Waals surface area contributed by atoms with Crippen LogP contribution in [-0.4, -0.2) is 89.6 Å². The first-order valence-corrected chi connectivity index (χ1v) is 17.7. The number of carbonyl (C=O) groups excluding carboxylic acids is 3. The van der Waals surface area contributed by atoms with E-state index in [9.17, 15) is 24.6 Å². The lowest BCUT2D eigenvalue weighted by Gasteiger charge is -2.60. The fraction of sp³-hybridized carbons (Fsp3) is 0.462. The molecule has 4 aliphatic rings. The highest BCUT2D eigenvalue weighted by atomic mass is 16.7. The Labute approximate surface area is 302 Å². The molecule has 4 N–H and O–H groups in total. The average molecular weight is 715 g/mol. The van der Waals surface area contributed by atoms with Crippen molar-refractivity contribution >= 4 is 17.8 Å². The standard InChI is InChI=1S/C39H46N4O9/c1-19-14-24-15-27-39(48)43-26(32(42(27)5)30(24)33(46)34(19)49-6)16-25-31(37-36(50-18-51-37)20(2)35(25)52-22(4)44)28(43)17-40-38(47)21(3)41-29(45)13-12-23-10-8-7-9-11-23/h7-11,14,21,26-28,32,39,46,48H,12-13,15-18H2,1-6H3,(H,40,47)(H,41,45)/t21-,26?,27-,28-,32?,39-/m0/s1. The van der Waals surface area contributed by atoms with Crippen molar-refractivity contribution in [1.29, 1.82) is 0 Å². The predicted molar refractivity (Wildman–Crippen MR) is 189 cm³/mol. The van der Waals surface area contributed by atoms with Gasteiger partial charge in [-0.3, -0.25) is 24.2 Å². The number of methoxy groups -OCH3 is 1. The van der Waals surface area contributed by atoms with Gasteiger partial charge in [-0.2, -0.15) is 0 Å². The van der Waals surface area contributed by atoms with Gasteiger partial charge in [-0.15, -0.1) is 0 Å². The smallest absolute Gasteiger partial charge is 0.308 e. The largest absolute Gasteiger partial charge is 0.504 e. The minimum absolute atomic E-state index is 0.0290. The van der Waals surface area contributed by atoms with Gasteiger partial charge in [0.25, 0.3) is 0 Å². The van der Waals surface area contributed by atoms with Gasteiger partial charge in [0, 0.05) is 48.2 Å². The second-order valence-corrected chi connectivity index (χ2v) is 14.2. The van der Waals surface area contributed by atoms with Gasteiger partial charge in [-0.05, 0) is 63.8 Å². The second kappa shape index (κ2) is 13.9. The number of amides is 2. The Morgan fingerprint density at radius 3 is 2.48 bits per heavy atom. The number of nitrogens with one attached hydrogen (secondary N) is 2. The Morgan fingerprint density at radius 1 is 1.04 bits per heavy atom. The number of aliphatic hydroxyl groups is 1. The van der Waals surface area contributed by atoms with Crippen molar-refractivity contribution in [3.05, 3.63) is 75.3 Å². The van der Waals surface area contributed by atoms with Gasteiger partial charge in [0.1, 0.15) is 18.0 Å². The number of esters is 1. The molecule has 13 heteroatoms. The summed E-state index contributed by atoms with van der Waals surface area (Å²) >= 11 is 0. The van der Waals surface area contributed by atoms with Crippen molar-refractivity contribution in [3.8, 4) is 28.7 Å². The molecule has 4 aliphatic heterocycles. The van der Waals surface area contributed by atoms with E-state index in [1.807, 2.05) is 62.2 Å². The normalized spacial score (nSPS) is 23.5. The molecule has 0 aliphatic carbocycles. The number of ether oxygens (including phenoxy) is 4. The fourth-order valence-electron chi connectivity index (χ4n) is 8.75. The van der Waals surface area contributed by atoms with Gasteiger partial charge in [-0.25, -0.2) is 0 Å². The van der Waals surface area contributed by atoms with Crippen molar-refractivity contribution < 1.29 is 43.5 Å². The molecule has 2 amide bonds. The lowest BCUT2D eigenvalue weighted by Crippen LogP contribution is -2.69. The summed E-state index contributed by atoms with van der Waals surface area (Å²) in [5.74, 6) is 0.561. The van der Waals surface area contributed by atoms with Gasteiger partial charge in [0.05, 0.1) is 25.2 Å². The van der Waals surface area contributed by atoms with Crippen LogP contribution in [0.25, 0.3) is 0 Å². The van der Waals surface area contributed by atoms with Gasteiger partial charge in [0.15, 0.2) is 23.0 Å². The minimum atomic E-state index is -0.995. The molecule has 4 heterocycles. The zero-order chi connectivity index (χ0) is 37.0. The molecule has 3 aromatic rings. The number of hydrogen-bond acceptors (Lipinski definition) is 11. The maximum absolute atomic E-state index is 13.6. The van der Waals surface area contributed by atoms with Crippen molar-refractivity contribution in [1.82, 2.24) is 20.4 Å². The monoisotopic (exact) mass is 714 g/mol. The van der Waals surface area contributed by atoms with Crippen LogP contribution in [0, 0.1) is 13.8 Å². The summed E-state index contributed by atoms with van der Waals surface area (Å²) in [6.07, 6.45) is 0.572. The van der Waals surface area contributed by atoms with Crippen LogP contribution in [0.3, 0.4) is 0 Å². The lowest BCUT2D eigenvalue weighted by atomic mass is 9.73. The van der Waals surface area contributed by atoms with E-state index >= 15 is 0 Å². The van der Waals surface area contributed by atoms with Crippen LogP contribution >= 0.6 is 0 Å². The van der Waals surface area contributed by atoms with Crippen molar-refractivity contribution in [2.24, 2.45) is 0 Å². The van der Waals surface area contributed by atoms with E-state index in [0.29, 0.717) is 64.5 Å². The number of aryl methyl sites for hydroxylation is 2. The molecule has 0 spiro atoms. The summed E-state index contributed by atoms with van der Waals surface area (Å²) in [4.78, 5) is 43.0. The summed E-state index contributed by atoms with van der Waals surface area (Å²) in [6, 6.07) is 8.97. The molecule has 2 unspecified atom stereocenters. The molecule has 1 fully saturated rings. The first kappa shape index (κ1) is 35.5. The van der Waals surface area contributed by atoms with Gasteiger partial charge < -0.3 is 39.8 Å². The van der Waals surface area contributed by atoms with Crippen LogP contribution in [-0.2, 0) is 33.6 Å². The van der Waals surface area contributed by atoms with Crippen LogP contribution < -0.4 is 29.6 Å². The number of benzene rings is 3. The summed E-state index contributed by atoms with van der Waals surface area (Å²) < 4.78 is 23.5. The molecule has 0 aromatic heterocycles. The number of rotatable bonds is 9. The molecule has 276 valence electrons.